The van der Waals surface area contributed by atoms with Gasteiger partial charge in [-0.25, -0.2) is 0 Å². The van der Waals surface area contributed by atoms with Crippen LogP contribution in [0.1, 0.15) is 43.7 Å². The molecule has 0 amide bonds. The summed E-state index contributed by atoms with van der Waals surface area (Å²) >= 11 is 0. The summed E-state index contributed by atoms with van der Waals surface area (Å²) in [7, 11) is 0. The molecule has 1 aliphatic carbocycles. The van der Waals surface area contributed by atoms with Crippen molar-refractivity contribution in [3.63, 3.8) is 0 Å². The van der Waals surface area contributed by atoms with Crippen molar-refractivity contribution in [3.05, 3.63) is 35.9 Å². The van der Waals surface area contributed by atoms with Crippen LogP contribution in [0.4, 0.5) is 0 Å². The Labute approximate surface area is 110 Å². The van der Waals surface area contributed by atoms with Gasteiger partial charge in [-0.1, -0.05) is 30.3 Å². The average molecular weight is 245 g/mol. The van der Waals surface area contributed by atoms with Crippen LogP contribution in [0, 0.1) is 5.92 Å². The van der Waals surface area contributed by atoms with Gasteiger partial charge in [0.15, 0.2) is 0 Å². The molecule has 1 N–H and O–H groups in total. The van der Waals surface area contributed by atoms with Crippen molar-refractivity contribution in [2.45, 2.75) is 44.2 Å². The molecule has 0 aromatic heterocycles. The van der Waals surface area contributed by atoms with Crippen LogP contribution >= 0.6 is 0 Å². The summed E-state index contributed by atoms with van der Waals surface area (Å²) in [5.41, 5.74) is 1.45. The summed E-state index contributed by atoms with van der Waals surface area (Å²) in [5, 5.41) is 3.74. The molecule has 1 heterocycles. The molecule has 2 unspecified atom stereocenters. The van der Waals surface area contributed by atoms with Gasteiger partial charge < -0.3 is 10.1 Å². The van der Waals surface area contributed by atoms with Gasteiger partial charge in [0.25, 0.3) is 0 Å². The number of nitrogens with one attached hydrogen (secondary N) is 1. The predicted molar refractivity (Wildman–Crippen MR) is 73.5 cm³/mol. The summed E-state index contributed by atoms with van der Waals surface area (Å²) in [6.45, 7) is 2.05. The molecular weight excluding hydrogens is 222 g/mol. The van der Waals surface area contributed by atoms with E-state index < -0.39 is 0 Å². The molecule has 0 radical (unpaired) electrons. The smallest absolute Gasteiger partial charge is 0.0588 e. The highest BCUT2D eigenvalue weighted by molar-refractivity contribution is 5.21. The highest BCUT2D eigenvalue weighted by Gasteiger charge is 2.31. The van der Waals surface area contributed by atoms with Crippen LogP contribution in [0.15, 0.2) is 30.3 Å². The molecule has 2 fully saturated rings. The lowest BCUT2D eigenvalue weighted by molar-refractivity contribution is 0.103. The Morgan fingerprint density at radius 1 is 1.17 bits per heavy atom. The van der Waals surface area contributed by atoms with Crippen LogP contribution in [0.3, 0.4) is 0 Å². The zero-order chi connectivity index (χ0) is 12.2. The fourth-order valence-electron chi connectivity index (χ4n) is 2.92. The molecular formula is C16H23NO. The average Bonchev–Trinajstić information content (AvgIpc) is 3.12. The van der Waals surface area contributed by atoms with E-state index in [4.69, 9.17) is 4.74 Å². The fourth-order valence-corrected chi connectivity index (χ4v) is 2.92. The van der Waals surface area contributed by atoms with E-state index in [0.717, 1.165) is 25.5 Å². The first-order valence-corrected chi connectivity index (χ1v) is 7.33. The van der Waals surface area contributed by atoms with Crippen molar-refractivity contribution in [1.29, 1.82) is 0 Å². The van der Waals surface area contributed by atoms with Crippen LogP contribution in [0.25, 0.3) is 0 Å². The number of hydrogen-bond donors (Lipinski definition) is 1. The van der Waals surface area contributed by atoms with Crippen LogP contribution in [-0.4, -0.2) is 19.3 Å². The van der Waals surface area contributed by atoms with Crippen molar-refractivity contribution in [2.24, 2.45) is 5.92 Å². The number of benzene rings is 1. The minimum Gasteiger partial charge on any atom is -0.378 e. The molecule has 1 aromatic rings. The Hall–Kier alpha value is -0.860. The minimum atomic E-state index is 0.508. The molecule has 2 aliphatic rings. The number of hydrogen-bond acceptors (Lipinski definition) is 2. The Morgan fingerprint density at radius 3 is 2.67 bits per heavy atom. The zero-order valence-electron chi connectivity index (χ0n) is 11.0. The van der Waals surface area contributed by atoms with Crippen molar-refractivity contribution < 1.29 is 4.74 Å². The summed E-state index contributed by atoms with van der Waals surface area (Å²) in [5.74, 6) is 0.858. The third-order valence-corrected chi connectivity index (χ3v) is 4.11. The normalized spacial score (nSPS) is 25.2. The van der Waals surface area contributed by atoms with Gasteiger partial charge >= 0.3 is 0 Å². The third kappa shape index (κ3) is 3.12. The highest BCUT2D eigenvalue weighted by atomic mass is 16.5. The molecule has 2 atom stereocenters. The van der Waals surface area contributed by atoms with Crippen molar-refractivity contribution in [3.8, 4) is 0 Å². The monoisotopic (exact) mass is 245 g/mol. The van der Waals surface area contributed by atoms with Gasteiger partial charge in [-0.3, -0.25) is 0 Å². The summed E-state index contributed by atoms with van der Waals surface area (Å²) < 4.78 is 5.68. The van der Waals surface area contributed by atoms with Gasteiger partial charge in [0, 0.05) is 12.6 Å². The lowest BCUT2D eigenvalue weighted by atomic mass is 10.0. The fraction of sp³-hybridized carbons (Fsp3) is 0.625. The molecule has 2 nitrogen and oxygen atoms in total. The second-order valence-corrected chi connectivity index (χ2v) is 5.60. The molecule has 1 saturated heterocycles. The van der Waals surface area contributed by atoms with E-state index >= 15 is 0 Å². The Kier molecular flexibility index (Phi) is 3.96. The molecule has 0 bridgehead atoms. The molecule has 98 valence electrons. The van der Waals surface area contributed by atoms with E-state index in [9.17, 15) is 0 Å². The van der Waals surface area contributed by atoms with Gasteiger partial charge in [-0.15, -0.1) is 0 Å². The second-order valence-electron chi connectivity index (χ2n) is 5.60. The van der Waals surface area contributed by atoms with Crippen molar-refractivity contribution in [2.75, 3.05) is 13.2 Å². The van der Waals surface area contributed by atoms with Crippen LogP contribution in [0.2, 0.25) is 0 Å². The quantitative estimate of drug-likeness (QED) is 0.830. The molecule has 0 spiro atoms. The van der Waals surface area contributed by atoms with E-state index in [1.807, 2.05) is 0 Å². The number of rotatable bonds is 6. The lowest BCUT2D eigenvalue weighted by Gasteiger charge is -2.20. The van der Waals surface area contributed by atoms with Crippen molar-refractivity contribution >= 4 is 0 Å². The van der Waals surface area contributed by atoms with Crippen LogP contribution < -0.4 is 5.32 Å². The number of ether oxygens (including phenoxy) is 1. The van der Waals surface area contributed by atoms with Crippen LogP contribution in [0.5, 0.6) is 0 Å². The largest absolute Gasteiger partial charge is 0.378 e. The first kappa shape index (κ1) is 12.2. The van der Waals surface area contributed by atoms with E-state index in [2.05, 4.69) is 35.6 Å². The topological polar surface area (TPSA) is 21.3 Å². The van der Waals surface area contributed by atoms with Gasteiger partial charge in [0.2, 0.25) is 0 Å². The van der Waals surface area contributed by atoms with Crippen LogP contribution in [-0.2, 0) is 4.74 Å². The second kappa shape index (κ2) is 5.85. The maximum Gasteiger partial charge on any atom is 0.0588 e. The molecule has 1 saturated carbocycles. The van der Waals surface area contributed by atoms with E-state index in [1.165, 1.54) is 31.2 Å². The van der Waals surface area contributed by atoms with Gasteiger partial charge in [0.05, 0.1) is 6.10 Å². The van der Waals surface area contributed by atoms with E-state index in [-0.39, 0.29) is 0 Å². The maximum atomic E-state index is 5.68. The summed E-state index contributed by atoms with van der Waals surface area (Å²) in [6, 6.07) is 11.5. The first-order chi connectivity index (χ1) is 8.93. The third-order valence-electron chi connectivity index (χ3n) is 4.11. The van der Waals surface area contributed by atoms with Crippen molar-refractivity contribution in [1.82, 2.24) is 5.32 Å². The predicted octanol–water partition coefficient (Wildman–Crippen LogP) is 3.30. The summed E-state index contributed by atoms with van der Waals surface area (Å²) in [6.07, 6.45) is 6.93. The maximum absolute atomic E-state index is 5.68. The molecule has 18 heavy (non-hydrogen) atoms. The molecule has 1 aromatic carbocycles. The van der Waals surface area contributed by atoms with E-state index in [0.29, 0.717) is 12.1 Å². The molecule has 1 aliphatic heterocycles. The molecule has 3 rings (SSSR count). The summed E-state index contributed by atoms with van der Waals surface area (Å²) in [4.78, 5) is 0. The van der Waals surface area contributed by atoms with E-state index in [1.54, 1.807) is 0 Å². The molecule has 2 heteroatoms. The Balaban J connectivity index is 1.51. The SMILES string of the molecule is c1ccc(C(NCCC2CCCO2)C2CC2)cc1. The Bertz CT molecular complexity index is 355. The zero-order valence-corrected chi connectivity index (χ0v) is 11.0. The minimum absolute atomic E-state index is 0.508. The first-order valence-electron chi connectivity index (χ1n) is 7.33. The standard InChI is InChI=1S/C16H23NO/c1-2-5-13(6-3-1)16(14-8-9-14)17-11-10-15-7-4-12-18-15/h1-3,5-6,14-17H,4,7-12H2. The Morgan fingerprint density at radius 2 is 2.00 bits per heavy atom. The lowest BCUT2D eigenvalue weighted by Crippen LogP contribution is -2.26. The van der Waals surface area contributed by atoms with Gasteiger partial charge in [-0.05, 0) is 50.1 Å². The van der Waals surface area contributed by atoms with Gasteiger partial charge in [-0.2, -0.15) is 0 Å². The van der Waals surface area contributed by atoms with Gasteiger partial charge in [0.1, 0.15) is 0 Å². The highest BCUT2D eigenvalue weighted by Crippen LogP contribution is 2.40.